The van der Waals surface area contributed by atoms with Crippen LogP contribution >= 0.6 is 11.6 Å². The van der Waals surface area contributed by atoms with Crippen molar-refractivity contribution in [3.05, 3.63) is 53.1 Å². The molecule has 0 saturated heterocycles. The van der Waals surface area contributed by atoms with E-state index in [2.05, 4.69) is 10.1 Å². The van der Waals surface area contributed by atoms with Crippen LogP contribution in [-0.4, -0.2) is 15.1 Å². The van der Waals surface area contributed by atoms with E-state index in [1.54, 1.807) is 0 Å². The summed E-state index contributed by atoms with van der Waals surface area (Å²) < 4.78 is 5.21. The Morgan fingerprint density at radius 1 is 1.18 bits per heavy atom. The van der Waals surface area contributed by atoms with Crippen molar-refractivity contribution in [3.63, 3.8) is 0 Å². The van der Waals surface area contributed by atoms with Crippen molar-refractivity contribution in [2.45, 2.75) is 25.7 Å². The zero-order valence-corrected chi connectivity index (χ0v) is 12.8. The molecule has 0 N–H and O–H groups in total. The van der Waals surface area contributed by atoms with E-state index >= 15 is 0 Å². The summed E-state index contributed by atoms with van der Waals surface area (Å²) in [6, 6.07) is 9.58. The molecule has 2 heterocycles. The fourth-order valence-corrected chi connectivity index (χ4v) is 2.72. The Labute approximate surface area is 133 Å². The number of aryl methyl sites for hydroxylation is 1. The van der Waals surface area contributed by atoms with Gasteiger partial charge in [-0.3, -0.25) is 0 Å². The van der Waals surface area contributed by atoms with Gasteiger partial charge in [0.1, 0.15) is 23.0 Å². The minimum absolute atomic E-state index is 0.479. The predicted molar refractivity (Wildman–Crippen MR) is 84.7 cm³/mol. The van der Waals surface area contributed by atoms with Crippen LogP contribution in [0, 0.1) is 6.92 Å². The molecule has 0 spiro atoms. The summed E-state index contributed by atoms with van der Waals surface area (Å²) in [6.07, 6.45) is 4.16. The number of benzene rings is 1. The lowest BCUT2D eigenvalue weighted by molar-refractivity contribution is 0.399. The number of halogens is 1. The van der Waals surface area contributed by atoms with Gasteiger partial charge in [-0.1, -0.05) is 35.0 Å². The molecule has 4 rings (SSSR count). The maximum absolute atomic E-state index is 6.34. The highest BCUT2D eigenvalue weighted by Crippen LogP contribution is 2.40. The van der Waals surface area contributed by atoms with Gasteiger partial charge in [-0.05, 0) is 25.8 Å². The summed E-state index contributed by atoms with van der Waals surface area (Å²) in [7, 11) is 0. The van der Waals surface area contributed by atoms with Gasteiger partial charge in [-0.25, -0.2) is 9.97 Å². The van der Waals surface area contributed by atoms with Crippen LogP contribution in [0.4, 0.5) is 0 Å². The van der Waals surface area contributed by atoms with Crippen molar-refractivity contribution in [1.29, 1.82) is 0 Å². The van der Waals surface area contributed by atoms with Gasteiger partial charge < -0.3 is 4.52 Å². The summed E-state index contributed by atoms with van der Waals surface area (Å²) in [5.74, 6) is 2.12. The lowest BCUT2D eigenvalue weighted by Crippen LogP contribution is -1.98. The van der Waals surface area contributed by atoms with Crippen LogP contribution in [0.15, 0.2) is 41.1 Å². The van der Waals surface area contributed by atoms with Crippen LogP contribution in [0.2, 0.25) is 5.02 Å². The second-order valence-electron chi connectivity index (χ2n) is 5.57. The molecule has 1 saturated carbocycles. The molecule has 110 valence electrons. The van der Waals surface area contributed by atoms with Crippen LogP contribution in [-0.2, 0) is 0 Å². The third kappa shape index (κ3) is 2.40. The number of hydrogen-bond donors (Lipinski definition) is 0. The average Bonchev–Trinajstić information content (AvgIpc) is 3.29. The molecule has 0 radical (unpaired) electrons. The number of nitrogens with zero attached hydrogens (tertiary/aromatic N) is 3. The summed E-state index contributed by atoms with van der Waals surface area (Å²) in [6.45, 7) is 1.87. The Bertz CT molecular complexity index is 839. The van der Waals surface area contributed by atoms with Gasteiger partial charge in [0, 0.05) is 34.3 Å². The van der Waals surface area contributed by atoms with Crippen molar-refractivity contribution in [2.24, 2.45) is 0 Å². The van der Waals surface area contributed by atoms with Gasteiger partial charge in [-0.2, -0.15) is 0 Å². The van der Waals surface area contributed by atoms with Crippen molar-refractivity contribution >= 4 is 11.6 Å². The molecule has 1 aliphatic rings. The standard InChI is InChI=1S/C17H14ClN3O/c1-10-8-15(21-22-10)16-13(12-4-2-3-5-14(12)18)9-19-17(20-16)11-6-7-11/h2-5,8-9,11H,6-7H2,1H3. The molecule has 2 aromatic heterocycles. The molecule has 5 heteroatoms. The van der Waals surface area contributed by atoms with Crippen molar-refractivity contribution in [2.75, 3.05) is 0 Å². The second-order valence-corrected chi connectivity index (χ2v) is 5.97. The van der Waals surface area contributed by atoms with E-state index in [9.17, 15) is 0 Å². The highest BCUT2D eigenvalue weighted by Gasteiger charge is 2.28. The maximum atomic E-state index is 6.34. The number of rotatable bonds is 3. The van der Waals surface area contributed by atoms with Gasteiger partial charge >= 0.3 is 0 Å². The first kappa shape index (κ1) is 13.5. The minimum Gasteiger partial charge on any atom is -0.361 e. The monoisotopic (exact) mass is 311 g/mol. The molecule has 0 atom stereocenters. The third-order valence-corrected chi connectivity index (χ3v) is 4.11. The summed E-state index contributed by atoms with van der Waals surface area (Å²) in [4.78, 5) is 9.27. The molecule has 0 amide bonds. The van der Waals surface area contributed by atoms with E-state index < -0.39 is 0 Å². The molecule has 1 aromatic carbocycles. The van der Waals surface area contributed by atoms with Crippen LogP contribution < -0.4 is 0 Å². The van der Waals surface area contributed by atoms with E-state index in [-0.39, 0.29) is 0 Å². The number of aromatic nitrogens is 3. The molecule has 0 unspecified atom stereocenters. The van der Waals surface area contributed by atoms with Gasteiger partial charge in [0.2, 0.25) is 0 Å². The van der Waals surface area contributed by atoms with Crippen LogP contribution in [0.25, 0.3) is 22.5 Å². The maximum Gasteiger partial charge on any atom is 0.134 e. The second kappa shape index (κ2) is 5.21. The van der Waals surface area contributed by atoms with Gasteiger partial charge in [-0.15, -0.1) is 0 Å². The first-order valence-corrected chi connectivity index (χ1v) is 7.65. The molecule has 1 aliphatic carbocycles. The lowest BCUT2D eigenvalue weighted by atomic mass is 10.0. The first-order chi connectivity index (χ1) is 10.7. The van der Waals surface area contributed by atoms with Crippen LogP contribution in [0.5, 0.6) is 0 Å². The predicted octanol–water partition coefficient (Wildman–Crippen LogP) is 4.64. The largest absolute Gasteiger partial charge is 0.361 e. The van der Waals surface area contributed by atoms with Crippen molar-refractivity contribution < 1.29 is 4.52 Å². The van der Waals surface area contributed by atoms with E-state index in [1.165, 1.54) is 0 Å². The highest BCUT2D eigenvalue weighted by molar-refractivity contribution is 6.33. The van der Waals surface area contributed by atoms with Crippen molar-refractivity contribution in [3.8, 4) is 22.5 Å². The summed E-state index contributed by atoms with van der Waals surface area (Å²) >= 11 is 6.34. The zero-order chi connectivity index (χ0) is 15.1. The normalized spacial score (nSPS) is 14.3. The van der Waals surface area contributed by atoms with Gasteiger partial charge in [0.25, 0.3) is 0 Å². The summed E-state index contributed by atoms with van der Waals surface area (Å²) in [5, 5.41) is 4.79. The van der Waals surface area contributed by atoms with Gasteiger partial charge in [0.05, 0.1) is 0 Å². The van der Waals surface area contributed by atoms with Crippen LogP contribution in [0.3, 0.4) is 0 Å². The Balaban J connectivity index is 1.92. The first-order valence-electron chi connectivity index (χ1n) is 7.28. The highest BCUT2D eigenvalue weighted by atomic mass is 35.5. The Kier molecular flexibility index (Phi) is 3.19. The average molecular weight is 312 g/mol. The minimum atomic E-state index is 0.479. The molecule has 0 bridgehead atoms. The smallest absolute Gasteiger partial charge is 0.134 e. The quantitative estimate of drug-likeness (QED) is 0.707. The topological polar surface area (TPSA) is 51.8 Å². The molecule has 22 heavy (non-hydrogen) atoms. The van der Waals surface area contributed by atoms with E-state index in [4.69, 9.17) is 21.1 Å². The Hall–Kier alpha value is -2.20. The molecule has 0 aliphatic heterocycles. The SMILES string of the molecule is Cc1cc(-c2nc(C3CC3)ncc2-c2ccccc2Cl)no1. The fraction of sp³-hybridized carbons (Fsp3) is 0.235. The lowest BCUT2D eigenvalue weighted by Gasteiger charge is -2.09. The van der Waals surface area contributed by atoms with Gasteiger partial charge in [0.15, 0.2) is 0 Å². The zero-order valence-electron chi connectivity index (χ0n) is 12.1. The van der Waals surface area contributed by atoms with Crippen molar-refractivity contribution in [1.82, 2.24) is 15.1 Å². The molecule has 4 nitrogen and oxygen atoms in total. The Morgan fingerprint density at radius 2 is 2.00 bits per heavy atom. The van der Waals surface area contributed by atoms with E-state index in [0.29, 0.717) is 10.9 Å². The molecular formula is C17H14ClN3O. The Morgan fingerprint density at radius 3 is 2.68 bits per heavy atom. The fourth-order valence-electron chi connectivity index (χ4n) is 2.48. The van der Waals surface area contributed by atoms with E-state index in [1.807, 2.05) is 43.5 Å². The third-order valence-electron chi connectivity index (χ3n) is 3.78. The summed E-state index contributed by atoms with van der Waals surface area (Å²) in [5.41, 5.74) is 3.28. The molecule has 1 fully saturated rings. The van der Waals surface area contributed by atoms with Crippen LogP contribution in [0.1, 0.15) is 30.3 Å². The molecular weight excluding hydrogens is 298 g/mol. The van der Waals surface area contributed by atoms with E-state index in [0.717, 1.165) is 46.9 Å². The molecule has 3 aromatic rings. The number of hydrogen-bond acceptors (Lipinski definition) is 4.